The summed E-state index contributed by atoms with van der Waals surface area (Å²) >= 11 is 0. The molecule has 1 fully saturated rings. The van der Waals surface area contributed by atoms with Gasteiger partial charge in [0.1, 0.15) is 11.6 Å². The highest BCUT2D eigenvalue weighted by Crippen LogP contribution is 2.19. The molecule has 0 saturated carbocycles. The third kappa shape index (κ3) is 3.23. The summed E-state index contributed by atoms with van der Waals surface area (Å²) in [6.07, 6.45) is 1.48. The Hall–Kier alpha value is -1.62. The van der Waals surface area contributed by atoms with Crippen molar-refractivity contribution in [3.63, 3.8) is 0 Å². The van der Waals surface area contributed by atoms with Gasteiger partial charge < -0.3 is 15.4 Å². The third-order valence-electron chi connectivity index (χ3n) is 3.32. The van der Waals surface area contributed by atoms with Crippen LogP contribution in [0, 0.1) is 5.82 Å². The van der Waals surface area contributed by atoms with E-state index in [9.17, 15) is 9.18 Å². The summed E-state index contributed by atoms with van der Waals surface area (Å²) in [4.78, 5) is 13.8. The highest BCUT2D eigenvalue weighted by Gasteiger charge is 2.24. The molecule has 4 nitrogen and oxygen atoms in total. The van der Waals surface area contributed by atoms with E-state index < -0.39 is 11.9 Å². The van der Waals surface area contributed by atoms with Crippen molar-refractivity contribution in [2.75, 3.05) is 13.1 Å². The maximum absolute atomic E-state index is 13.5. The molecule has 19 heavy (non-hydrogen) atoms. The summed E-state index contributed by atoms with van der Waals surface area (Å²) < 4.78 is 19.0. The molecule has 1 saturated heterocycles. The number of ether oxygens (including phenoxy) is 1. The average molecular weight is 266 g/mol. The zero-order valence-electron chi connectivity index (χ0n) is 11.1. The lowest BCUT2D eigenvalue weighted by Crippen LogP contribution is -2.38. The molecule has 1 heterocycles. The molecular formula is C14H19FN2O2. The summed E-state index contributed by atoms with van der Waals surface area (Å²) in [5, 5.41) is 0. The molecule has 2 N–H and O–H groups in total. The molecule has 0 bridgehead atoms. The van der Waals surface area contributed by atoms with Crippen LogP contribution < -0.4 is 10.5 Å². The van der Waals surface area contributed by atoms with Crippen LogP contribution in [0.2, 0.25) is 0 Å². The summed E-state index contributed by atoms with van der Waals surface area (Å²) in [7, 11) is 0. The smallest absolute Gasteiger partial charge is 0.263 e. The van der Waals surface area contributed by atoms with E-state index in [4.69, 9.17) is 10.5 Å². The second-order valence-corrected chi connectivity index (χ2v) is 4.75. The molecule has 1 aromatic carbocycles. The molecule has 1 amide bonds. The van der Waals surface area contributed by atoms with Crippen molar-refractivity contribution in [1.29, 1.82) is 0 Å². The zero-order chi connectivity index (χ0) is 13.8. The minimum absolute atomic E-state index is 0.0409. The molecule has 0 aromatic heterocycles. The van der Waals surface area contributed by atoms with Gasteiger partial charge in [0.25, 0.3) is 5.91 Å². The van der Waals surface area contributed by atoms with E-state index in [1.54, 1.807) is 24.0 Å². The fourth-order valence-electron chi connectivity index (χ4n) is 2.22. The van der Waals surface area contributed by atoms with Crippen LogP contribution in [-0.4, -0.2) is 30.0 Å². The van der Waals surface area contributed by atoms with Crippen LogP contribution in [0.4, 0.5) is 4.39 Å². The first-order valence-electron chi connectivity index (χ1n) is 6.55. The van der Waals surface area contributed by atoms with Crippen LogP contribution >= 0.6 is 0 Å². The van der Waals surface area contributed by atoms with Crippen LogP contribution in [0.25, 0.3) is 0 Å². The Labute approximate surface area is 112 Å². The van der Waals surface area contributed by atoms with Gasteiger partial charge in [-0.3, -0.25) is 4.79 Å². The molecule has 1 aliphatic rings. The minimum atomic E-state index is -0.596. The molecule has 0 aliphatic carbocycles. The van der Waals surface area contributed by atoms with Gasteiger partial charge in [-0.15, -0.1) is 0 Å². The lowest BCUT2D eigenvalue weighted by Gasteiger charge is -2.21. The van der Waals surface area contributed by atoms with Crippen molar-refractivity contribution in [1.82, 2.24) is 4.90 Å². The first-order chi connectivity index (χ1) is 9.11. The SMILES string of the molecule is CC(Oc1ccc(CN)c(F)c1)C(=O)N1CCCC1. The predicted octanol–water partition coefficient (Wildman–Crippen LogP) is 1.67. The van der Waals surface area contributed by atoms with Crippen molar-refractivity contribution in [2.24, 2.45) is 5.73 Å². The van der Waals surface area contributed by atoms with Crippen LogP contribution in [0.1, 0.15) is 25.3 Å². The van der Waals surface area contributed by atoms with Crippen molar-refractivity contribution in [3.8, 4) is 5.75 Å². The first-order valence-corrected chi connectivity index (χ1v) is 6.55. The van der Waals surface area contributed by atoms with Crippen LogP contribution in [-0.2, 0) is 11.3 Å². The second-order valence-electron chi connectivity index (χ2n) is 4.75. The van der Waals surface area contributed by atoms with Gasteiger partial charge in [-0.05, 0) is 25.8 Å². The lowest BCUT2D eigenvalue weighted by atomic mass is 10.2. The molecule has 5 heteroatoms. The Bertz CT molecular complexity index is 459. The number of carbonyl (C=O) groups excluding carboxylic acids is 1. The molecular weight excluding hydrogens is 247 g/mol. The van der Waals surface area contributed by atoms with Gasteiger partial charge in [-0.25, -0.2) is 4.39 Å². The summed E-state index contributed by atoms with van der Waals surface area (Å²) in [6.45, 7) is 3.41. The number of hydrogen-bond donors (Lipinski definition) is 1. The van der Waals surface area contributed by atoms with Gasteiger partial charge in [0.15, 0.2) is 6.10 Å². The van der Waals surface area contributed by atoms with Crippen molar-refractivity contribution >= 4 is 5.91 Å². The van der Waals surface area contributed by atoms with E-state index in [1.807, 2.05) is 0 Å². The monoisotopic (exact) mass is 266 g/mol. The number of benzene rings is 1. The Morgan fingerprint density at radius 3 is 2.74 bits per heavy atom. The Kier molecular flexibility index (Phi) is 4.37. The number of carbonyl (C=O) groups is 1. The molecule has 1 aromatic rings. The normalized spacial score (nSPS) is 16.5. The van der Waals surface area contributed by atoms with Crippen molar-refractivity contribution in [2.45, 2.75) is 32.4 Å². The summed E-state index contributed by atoms with van der Waals surface area (Å²) in [6, 6.07) is 4.49. The fourth-order valence-corrected chi connectivity index (χ4v) is 2.22. The van der Waals surface area contributed by atoms with Gasteiger partial charge in [-0.2, -0.15) is 0 Å². The number of amides is 1. The van der Waals surface area contributed by atoms with E-state index in [0.717, 1.165) is 25.9 Å². The van der Waals surface area contributed by atoms with E-state index in [-0.39, 0.29) is 12.5 Å². The topological polar surface area (TPSA) is 55.6 Å². The second kappa shape index (κ2) is 6.02. The lowest BCUT2D eigenvalue weighted by molar-refractivity contribution is -0.136. The largest absolute Gasteiger partial charge is 0.481 e. The van der Waals surface area contributed by atoms with E-state index in [0.29, 0.717) is 11.3 Å². The third-order valence-corrected chi connectivity index (χ3v) is 3.32. The molecule has 1 aliphatic heterocycles. The number of likely N-dealkylation sites (tertiary alicyclic amines) is 1. The maximum Gasteiger partial charge on any atom is 0.263 e. The Morgan fingerprint density at radius 1 is 1.47 bits per heavy atom. The molecule has 0 spiro atoms. The molecule has 0 radical (unpaired) electrons. The number of nitrogens with zero attached hydrogens (tertiary/aromatic N) is 1. The molecule has 104 valence electrons. The average Bonchev–Trinajstić information content (AvgIpc) is 2.92. The fraction of sp³-hybridized carbons (Fsp3) is 0.500. The summed E-state index contributed by atoms with van der Waals surface area (Å²) in [5.74, 6) is -0.0867. The van der Waals surface area contributed by atoms with Gasteiger partial charge in [0.2, 0.25) is 0 Å². The molecule has 1 unspecified atom stereocenters. The van der Waals surface area contributed by atoms with Crippen LogP contribution in [0.15, 0.2) is 18.2 Å². The van der Waals surface area contributed by atoms with Gasteiger partial charge >= 0.3 is 0 Å². The minimum Gasteiger partial charge on any atom is -0.481 e. The number of nitrogens with two attached hydrogens (primary N) is 1. The zero-order valence-corrected chi connectivity index (χ0v) is 11.1. The number of rotatable bonds is 4. The Morgan fingerprint density at radius 2 is 2.16 bits per heavy atom. The number of halogens is 1. The van der Waals surface area contributed by atoms with E-state index >= 15 is 0 Å². The van der Waals surface area contributed by atoms with Crippen molar-refractivity contribution < 1.29 is 13.9 Å². The van der Waals surface area contributed by atoms with Gasteiger partial charge in [-0.1, -0.05) is 6.07 Å². The van der Waals surface area contributed by atoms with Crippen LogP contribution in [0.3, 0.4) is 0 Å². The first kappa shape index (κ1) is 13.8. The standard InChI is InChI=1S/C14H19FN2O2/c1-10(14(18)17-6-2-3-7-17)19-12-5-4-11(9-16)13(15)8-12/h4-5,8,10H,2-3,6-7,9,16H2,1H3. The quantitative estimate of drug-likeness (QED) is 0.902. The summed E-state index contributed by atoms with van der Waals surface area (Å²) in [5.41, 5.74) is 5.83. The van der Waals surface area contributed by atoms with Gasteiger partial charge in [0.05, 0.1) is 0 Å². The highest BCUT2D eigenvalue weighted by molar-refractivity contribution is 5.81. The highest BCUT2D eigenvalue weighted by atomic mass is 19.1. The molecule has 2 rings (SSSR count). The number of hydrogen-bond acceptors (Lipinski definition) is 3. The van der Waals surface area contributed by atoms with Crippen LogP contribution in [0.5, 0.6) is 5.75 Å². The van der Waals surface area contributed by atoms with Gasteiger partial charge in [0, 0.05) is 31.3 Å². The van der Waals surface area contributed by atoms with E-state index in [2.05, 4.69) is 0 Å². The Balaban J connectivity index is 1.99. The predicted molar refractivity (Wildman–Crippen MR) is 70.2 cm³/mol. The maximum atomic E-state index is 13.5. The van der Waals surface area contributed by atoms with E-state index in [1.165, 1.54) is 6.07 Å². The molecule has 1 atom stereocenters. The van der Waals surface area contributed by atoms with Crippen molar-refractivity contribution in [3.05, 3.63) is 29.6 Å².